The van der Waals surface area contributed by atoms with E-state index in [-0.39, 0.29) is 11.5 Å². The molecule has 2 aromatic heterocycles. The summed E-state index contributed by atoms with van der Waals surface area (Å²) in [5, 5.41) is 9.70. The molecular weight excluding hydrogens is 348 g/mol. The van der Waals surface area contributed by atoms with E-state index < -0.39 is 21.1 Å². The summed E-state index contributed by atoms with van der Waals surface area (Å²) in [4.78, 5) is 12.0. The number of benzene rings is 1. The van der Waals surface area contributed by atoms with Crippen molar-refractivity contribution in [2.24, 2.45) is 5.10 Å². The summed E-state index contributed by atoms with van der Waals surface area (Å²) >= 11 is 0. The average molecular weight is 360 g/mol. The van der Waals surface area contributed by atoms with Gasteiger partial charge in [0.2, 0.25) is 5.09 Å². The predicted octanol–water partition coefficient (Wildman–Crippen LogP) is 1.68. The van der Waals surface area contributed by atoms with Crippen LogP contribution in [0.3, 0.4) is 0 Å². The fraction of sp³-hybridized carbons (Fsp3) is 0. The van der Waals surface area contributed by atoms with E-state index in [0.717, 1.165) is 17.8 Å². The second kappa shape index (κ2) is 6.71. The van der Waals surface area contributed by atoms with Gasteiger partial charge in [0.25, 0.3) is 5.91 Å². The first-order valence-corrected chi connectivity index (χ1v) is 8.39. The second-order valence-corrected chi connectivity index (χ2v) is 6.22. The molecular formula is C15H12N4O5S. The minimum Gasteiger partial charge on any atom is -0.441 e. The smallest absolute Gasteiger partial charge is 0.328 e. The highest BCUT2D eigenvalue weighted by Gasteiger charge is 2.14. The van der Waals surface area contributed by atoms with E-state index in [1.54, 1.807) is 6.07 Å². The van der Waals surface area contributed by atoms with E-state index in [1.165, 1.54) is 6.07 Å². The van der Waals surface area contributed by atoms with E-state index in [4.69, 9.17) is 8.97 Å². The molecule has 9 nitrogen and oxygen atoms in total. The Morgan fingerprint density at radius 3 is 2.68 bits per heavy atom. The fourth-order valence-corrected chi connectivity index (χ4v) is 2.39. The van der Waals surface area contributed by atoms with E-state index in [0.29, 0.717) is 5.69 Å². The standard InChI is InChI=1S/C15H12N4O5S/c20-15(13-8-12(17-18-13)10-4-2-1-3-5-10)19-16-9-11-6-7-14(24-11)25(21,22)23/h1-9H,(H,17,18)(H,19,20)(H,21,22,23)/b16-9-. The summed E-state index contributed by atoms with van der Waals surface area (Å²) in [5.41, 5.74) is 3.92. The summed E-state index contributed by atoms with van der Waals surface area (Å²) in [6, 6.07) is 13.2. The Morgan fingerprint density at radius 2 is 2.00 bits per heavy atom. The van der Waals surface area contributed by atoms with Crippen LogP contribution in [0.25, 0.3) is 11.3 Å². The van der Waals surface area contributed by atoms with Gasteiger partial charge in [-0.3, -0.25) is 14.4 Å². The number of aromatic amines is 1. The first-order valence-electron chi connectivity index (χ1n) is 6.95. The average Bonchev–Trinajstić information content (AvgIpc) is 3.25. The molecule has 0 bridgehead atoms. The van der Waals surface area contributed by atoms with Crippen molar-refractivity contribution in [3.05, 3.63) is 60.0 Å². The van der Waals surface area contributed by atoms with Crippen LogP contribution in [0, 0.1) is 0 Å². The first kappa shape index (κ1) is 16.6. The Bertz CT molecular complexity index is 1020. The summed E-state index contributed by atoms with van der Waals surface area (Å²) in [6.07, 6.45) is 1.10. The zero-order valence-electron chi connectivity index (χ0n) is 12.6. The van der Waals surface area contributed by atoms with Gasteiger partial charge in [-0.05, 0) is 18.2 Å². The number of carbonyl (C=O) groups excluding carboxylic acids is 1. The maximum atomic E-state index is 12.0. The molecule has 0 aliphatic rings. The predicted molar refractivity (Wildman–Crippen MR) is 87.6 cm³/mol. The minimum atomic E-state index is -4.42. The Hall–Kier alpha value is -3.24. The number of hydrogen-bond acceptors (Lipinski definition) is 6. The molecule has 0 aliphatic heterocycles. The van der Waals surface area contributed by atoms with Crippen molar-refractivity contribution in [2.75, 3.05) is 0 Å². The van der Waals surface area contributed by atoms with Gasteiger partial charge in [0.15, 0.2) is 0 Å². The molecule has 10 heteroatoms. The van der Waals surface area contributed by atoms with Crippen molar-refractivity contribution in [1.29, 1.82) is 0 Å². The lowest BCUT2D eigenvalue weighted by molar-refractivity contribution is 0.0950. The third-order valence-electron chi connectivity index (χ3n) is 3.11. The highest BCUT2D eigenvalue weighted by molar-refractivity contribution is 7.85. The number of nitrogens with zero attached hydrogens (tertiary/aromatic N) is 2. The molecule has 0 aliphatic carbocycles. The lowest BCUT2D eigenvalue weighted by Crippen LogP contribution is -2.17. The van der Waals surface area contributed by atoms with Gasteiger partial charge < -0.3 is 4.42 Å². The minimum absolute atomic E-state index is 0.0440. The molecule has 0 saturated heterocycles. The Morgan fingerprint density at radius 1 is 1.24 bits per heavy atom. The molecule has 0 atom stereocenters. The van der Waals surface area contributed by atoms with Gasteiger partial charge in [0.1, 0.15) is 11.5 Å². The lowest BCUT2D eigenvalue weighted by atomic mass is 10.1. The van der Waals surface area contributed by atoms with E-state index in [2.05, 4.69) is 20.7 Å². The maximum Gasteiger partial charge on any atom is 0.328 e. The first-order chi connectivity index (χ1) is 11.9. The second-order valence-electron chi connectivity index (χ2n) is 4.86. The number of carbonyl (C=O) groups is 1. The fourth-order valence-electron chi connectivity index (χ4n) is 1.95. The summed E-state index contributed by atoms with van der Waals surface area (Å²) in [5.74, 6) is -0.491. The molecule has 0 unspecified atom stereocenters. The van der Waals surface area contributed by atoms with Crippen LogP contribution in [0.1, 0.15) is 16.2 Å². The van der Waals surface area contributed by atoms with Gasteiger partial charge in [0.05, 0.1) is 11.9 Å². The molecule has 2 heterocycles. The molecule has 0 spiro atoms. The van der Waals surface area contributed by atoms with Crippen molar-refractivity contribution in [3.63, 3.8) is 0 Å². The van der Waals surface area contributed by atoms with Crippen LogP contribution in [-0.4, -0.2) is 35.3 Å². The number of aromatic nitrogens is 2. The van der Waals surface area contributed by atoms with Crippen LogP contribution in [-0.2, 0) is 10.1 Å². The van der Waals surface area contributed by atoms with Crippen LogP contribution in [0.4, 0.5) is 0 Å². The number of H-pyrrole nitrogens is 1. The van der Waals surface area contributed by atoms with Crippen molar-refractivity contribution in [1.82, 2.24) is 15.6 Å². The highest BCUT2D eigenvalue weighted by Crippen LogP contribution is 2.16. The molecule has 0 radical (unpaired) electrons. The molecule has 0 saturated carbocycles. The van der Waals surface area contributed by atoms with Crippen molar-refractivity contribution in [2.45, 2.75) is 5.09 Å². The van der Waals surface area contributed by atoms with Gasteiger partial charge >= 0.3 is 10.1 Å². The van der Waals surface area contributed by atoms with Gasteiger partial charge in [0, 0.05) is 5.56 Å². The number of furan rings is 1. The molecule has 1 aromatic carbocycles. The van der Waals surface area contributed by atoms with E-state index in [1.807, 2.05) is 30.3 Å². The third-order valence-corrected chi connectivity index (χ3v) is 3.83. The quantitative estimate of drug-likeness (QED) is 0.359. The van der Waals surface area contributed by atoms with Crippen LogP contribution in [0.2, 0.25) is 0 Å². The number of rotatable bonds is 5. The molecule has 3 N–H and O–H groups in total. The van der Waals surface area contributed by atoms with E-state index in [9.17, 15) is 13.2 Å². The highest BCUT2D eigenvalue weighted by atomic mass is 32.2. The Labute approximate surface area is 142 Å². The van der Waals surface area contributed by atoms with Gasteiger partial charge in [-0.15, -0.1) is 0 Å². The van der Waals surface area contributed by atoms with E-state index >= 15 is 0 Å². The monoisotopic (exact) mass is 360 g/mol. The number of hydrogen-bond donors (Lipinski definition) is 3. The van der Waals surface area contributed by atoms with Crippen molar-refractivity contribution in [3.8, 4) is 11.3 Å². The van der Waals surface area contributed by atoms with Gasteiger partial charge in [-0.25, -0.2) is 5.43 Å². The summed E-state index contributed by atoms with van der Waals surface area (Å²) in [7, 11) is -4.42. The largest absolute Gasteiger partial charge is 0.441 e. The summed E-state index contributed by atoms with van der Waals surface area (Å²) < 4.78 is 35.4. The van der Waals surface area contributed by atoms with Crippen LogP contribution in [0.15, 0.2) is 63.1 Å². The normalized spacial score (nSPS) is 11.7. The van der Waals surface area contributed by atoms with Crippen LogP contribution < -0.4 is 5.43 Å². The lowest BCUT2D eigenvalue weighted by Gasteiger charge is -1.95. The molecule has 0 fully saturated rings. The molecule has 128 valence electrons. The number of amides is 1. The number of hydrazone groups is 1. The zero-order valence-corrected chi connectivity index (χ0v) is 13.4. The Balaban J connectivity index is 1.65. The number of nitrogens with one attached hydrogen (secondary N) is 2. The SMILES string of the molecule is O=C(N/N=C\c1ccc(S(=O)(=O)O)o1)c1cc(-c2ccccc2)n[nH]1. The van der Waals surface area contributed by atoms with Gasteiger partial charge in [-0.2, -0.15) is 18.6 Å². The topological polar surface area (TPSA) is 138 Å². The van der Waals surface area contributed by atoms with Gasteiger partial charge in [-0.1, -0.05) is 30.3 Å². The molecule has 1 amide bonds. The van der Waals surface area contributed by atoms with Crippen LogP contribution >= 0.6 is 0 Å². The maximum absolute atomic E-state index is 12.0. The Kier molecular flexibility index (Phi) is 4.46. The van der Waals surface area contributed by atoms with Crippen molar-refractivity contribution < 1.29 is 22.2 Å². The van der Waals surface area contributed by atoms with Crippen molar-refractivity contribution >= 4 is 22.2 Å². The summed E-state index contributed by atoms with van der Waals surface area (Å²) in [6.45, 7) is 0. The molecule has 3 rings (SSSR count). The third kappa shape index (κ3) is 4.00. The van der Waals surface area contributed by atoms with Crippen LogP contribution in [0.5, 0.6) is 0 Å². The zero-order chi connectivity index (χ0) is 17.9. The molecule has 25 heavy (non-hydrogen) atoms. The molecule has 3 aromatic rings.